The standard InChI is InChI=1S/C35H56NO3/c1-3-4-28-31-34(37)32-29-26-24-22-20-18-16-14-12-10-8-6-5-7-9-11-13-15-17-19-21-23-25-27-30-33-35(38)36(2)39/h4,6,8,12,14,18,20,28-29,32,34,37H,3,5,7,9-11,13,15-17,19,21-23,25,27,30-31,33H2,1-2H3/q+1/b8-6-,14-12-,20-18-,28-4-,32-29+. The summed E-state index contributed by atoms with van der Waals surface area (Å²) < 4.78 is 0.444. The van der Waals surface area contributed by atoms with E-state index in [9.17, 15) is 14.8 Å². The molecular weight excluding hydrogens is 482 g/mol. The van der Waals surface area contributed by atoms with Crippen LogP contribution in [0.25, 0.3) is 0 Å². The first-order valence-corrected chi connectivity index (χ1v) is 15.4. The Morgan fingerprint density at radius 2 is 1.28 bits per heavy atom. The molecule has 0 aliphatic rings. The van der Waals surface area contributed by atoms with E-state index in [1.165, 1.54) is 77.7 Å². The van der Waals surface area contributed by atoms with Crippen LogP contribution in [0.15, 0.2) is 60.8 Å². The molecule has 0 saturated carbocycles. The molecule has 39 heavy (non-hydrogen) atoms. The second kappa shape index (κ2) is 30.0. The number of nitroso groups, excluding NO2 is 1. The second-order valence-corrected chi connectivity index (χ2v) is 10.1. The molecule has 1 unspecified atom stereocenters. The van der Waals surface area contributed by atoms with Crippen LogP contribution in [-0.4, -0.2) is 28.9 Å². The van der Waals surface area contributed by atoms with Crippen LogP contribution in [0, 0.1) is 16.7 Å². The molecule has 0 aromatic rings. The highest BCUT2D eigenvalue weighted by molar-refractivity contribution is 5.66. The topological polar surface area (TPSA) is 57.4 Å². The van der Waals surface area contributed by atoms with Gasteiger partial charge in [-0.2, -0.15) is 0 Å². The normalized spacial score (nSPS) is 12.8. The largest absolute Gasteiger partial charge is 0.432 e. The number of amides is 1. The molecule has 0 bridgehead atoms. The minimum absolute atomic E-state index is 0.296. The van der Waals surface area contributed by atoms with E-state index in [4.69, 9.17) is 0 Å². The van der Waals surface area contributed by atoms with Crippen LogP contribution < -0.4 is 0 Å². The second-order valence-electron chi connectivity index (χ2n) is 10.1. The maximum absolute atomic E-state index is 11.2. The highest BCUT2D eigenvalue weighted by Gasteiger charge is 2.14. The van der Waals surface area contributed by atoms with Crippen molar-refractivity contribution in [2.75, 3.05) is 7.05 Å². The van der Waals surface area contributed by atoms with Gasteiger partial charge in [0, 0.05) is 11.3 Å². The molecule has 0 fully saturated rings. The molecule has 218 valence electrons. The first kappa shape index (κ1) is 36.5. The average Bonchev–Trinajstić information content (AvgIpc) is 2.92. The third-order valence-electron chi connectivity index (χ3n) is 6.41. The van der Waals surface area contributed by atoms with Gasteiger partial charge in [0.05, 0.1) is 17.3 Å². The van der Waals surface area contributed by atoms with Crippen LogP contribution in [0.5, 0.6) is 0 Å². The molecule has 0 spiro atoms. The lowest BCUT2D eigenvalue weighted by Crippen LogP contribution is -2.12. The van der Waals surface area contributed by atoms with Gasteiger partial charge >= 0.3 is 5.91 Å². The Morgan fingerprint density at radius 1 is 0.744 bits per heavy atom. The lowest BCUT2D eigenvalue weighted by Gasteiger charge is -2.02. The van der Waals surface area contributed by atoms with E-state index in [1.807, 2.05) is 6.08 Å². The Morgan fingerprint density at radius 3 is 1.87 bits per heavy atom. The molecular formula is C35H56NO3+. The maximum atomic E-state index is 11.2. The van der Waals surface area contributed by atoms with Crippen LogP contribution >= 0.6 is 0 Å². The molecule has 4 nitrogen and oxygen atoms in total. The lowest BCUT2D eigenvalue weighted by atomic mass is 10.0. The summed E-state index contributed by atoms with van der Waals surface area (Å²) in [6.45, 7) is 2.08. The SMILES string of the molecule is CC/C=C\CC(O)/C=C/C#CC/C=C\C/C=C\C/C=C\CCCCCCCCCCCCCCC(=O)[N+](C)=O. The number of nitrogens with zero attached hydrogens (tertiary/aromatic N) is 1. The van der Waals surface area contributed by atoms with Crippen molar-refractivity contribution in [3.05, 3.63) is 65.7 Å². The van der Waals surface area contributed by atoms with Gasteiger partial charge in [-0.15, -0.1) is 0 Å². The number of carbonyl (C=O) groups is 1. The zero-order valence-electron chi connectivity index (χ0n) is 25.0. The summed E-state index contributed by atoms with van der Waals surface area (Å²) in [7, 11) is 1.28. The number of carbonyl (C=O) groups excluding carboxylic acids is 1. The van der Waals surface area contributed by atoms with Gasteiger partial charge < -0.3 is 5.11 Å². The Kier molecular flexibility index (Phi) is 28.1. The molecule has 0 aromatic heterocycles. The monoisotopic (exact) mass is 538 g/mol. The average molecular weight is 539 g/mol. The zero-order valence-corrected chi connectivity index (χ0v) is 25.0. The van der Waals surface area contributed by atoms with Crippen molar-refractivity contribution in [1.29, 1.82) is 0 Å². The molecule has 0 heterocycles. The fourth-order valence-electron chi connectivity index (χ4n) is 4.02. The third kappa shape index (κ3) is 29.9. The first-order valence-electron chi connectivity index (χ1n) is 15.4. The summed E-state index contributed by atoms with van der Waals surface area (Å²) in [4.78, 5) is 22.0. The lowest BCUT2D eigenvalue weighted by molar-refractivity contribution is -0.439. The number of aliphatic hydroxyl groups excluding tert-OH is 1. The molecule has 0 rings (SSSR count). The summed E-state index contributed by atoms with van der Waals surface area (Å²) in [6.07, 6.45) is 41.2. The Labute approximate surface area is 240 Å². The number of aliphatic hydroxyl groups is 1. The van der Waals surface area contributed by atoms with E-state index in [1.54, 1.807) is 12.2 Å². The van der Waals surface area contributed by atoms with Crippen molar-refractivity contribution >= 4 is 5.91 Å². The van der Waals surface area contributed by atoms with E-state index in [-0.39, 0.29) is 5.91 Å². The number of rotatable bonds is 24. The van der Waals surface area contributed by atoms with Gasteiger partial charge in [0.1, 0.15) is 0 Å². The van der Waals surface area contributed by atoms with Crippen molar-refractivity contribution in [3.8, 4) is 11.8 Å². The predicted octanol–water partition coefficient (Wildman–Crippen LogP) is 9.50. The molecule has 0 aromatic carbocycles. The number of allylic oxidation sites excluding steroid dienone is 8. The highest BCUT2D eigenvalue weighted by atomic mass is 16.3. The zero-order chi connectivity index (χ0) is 28.7. The molecule has 0 radical (unpaired) electrons. The highest BCUT2D eigenvalue weighted by Crippen LogP contribution is 2.13. The molecule has 0 aliphatic carbocycles. The van der Waals surface area contributed by atoms with Crippen molar-refractivity contribution < 1.29 is 14.7 Å². The summed E-state index contributed by atoms with van der Waals surface area (Å²) in [5.41, 5.74) is 0. The van der Waals surface area contributed by atoms with E-state index in [2.05, 4.69) is 61.3 Å². The fourth-order valence-corrected chi connectivity index (χ4v) is 4.02. The predicted molar refractivity (Wildman–Crippen MR) is 167 cm³/mol. The minimum Gasteiger partial charge on any atom is -0.389 e. The first-order chi connectivity index (χ1) is 19.1. The quantitative estimate of drug-likeness (QED) is 0.0576. The summed E-state index contributed by atoms with van der Waals surface area (Å²) in [6, 6.07) is 0. The van der Waals surface area contributed by atoms with Gasteiger partial charge in [-0.25, -0.2) is 4.79 Å². The molecule has 0 aliphatic heterocycles. The van der Waals surface area contributed by atoms with Gasteiger partial charge in [0.25, 0.3) is 0 Å². The molecule has 1 atom stereocenters. The number of hydrogen-bond acceptors (Lipinski definition) is 3. The minimum atomic E-state index is -0.447. The Hall–Kier alpha value is -2.51. The molecule has 0 saturated heterocycles. The summed E-state index contributed by atoms with van der Waals surface area (Å²) in [5, 5.41) is 9.74. The van der Waals surface area contributed by atoms with Crippen molar-refractivity contribution in [2.24, 2.45) is 0 Å². The van der Waals surface area contributed by atoms with Crippen LogP contribution in [0.3, 0.4) is 0 Å². The third-order valence-corrected chi connectivity index (χ3v) is 6.41. The van der Waals surface area contributed by atoms with Gasteiger partial charge in [-0.3, -0.25) is 0 Å². The van der Waals surface area contributed by atoms with Crippen molar-refractivity contribution in [2.45, 2.75) is 135 Å². The van der Waals surface area contributed by atoms with E-state index < -0.39 is 6.10 Å². The van der Waals surface area contributed by atoms with E-state index in [0.29, 0.717) is 17.6 Å². The smallest absolute Gasteiger partial charge is 0.389 e. The van der Waals surface area contributed by atoms with Crippen LogP contribution in [-0.2, 0) is 4.79 Å². The van der Waals surface area contributed by atoms with Gasteiger partial charge in [-0.05, 0) is 57.1 Å². The maximum Gasteiger partial charge on any atom is 0.432 e. The van der Waals surface area contributed by atoms with E-state index in [0.717, 1.165) is 38.5 Å². The van der Waals surface area contributed by atoms with Crippen LogP contribution in [0.4, 0.5) is 0 Å². The van der Waals surface area contributed by atoms with Crippen molar-refractivity contribution in [3.63, 3.8) is 0 Å². The molecule has 1 N–H and O–H groups in total. The van der Waals surface area contributed by atoms with Crippen molar-refractivity contribution in [1.82, 2.24) is 0 Å². The number of hydrogen-bond donors (Lipinski definition) is 1. The van der Waals surface area contributed by atoms with Gasteiger partial charge in [0.15, 0.2) is 7.05 Å². The van der Waals surface area contributed by atoms with Crippen LogP contribution in [0.2, 0.25) is 0 Å². The van der Waals surface area contributed by atoms with Crippen LogP contribution in [0.1, 0.15) is 129 Å². The molecule has 4 heteroatoms. The van der Waals surface area contributed by atoms with Gasteiger partial charge in [0.2, 0.25) is 0 Å². The summed E-state index contributed by atoms with van der Waals surface area (Å²) >= 11 is 0. The van der Waals surface area contributed by atoms with Gasteiger partial charge in [-0.1, -0.05) is 132 Å². The fraction of sp³-hybridized carbons (Fsp3) is 0.629. The Bertz CT molecular complexity index is 807. The summed E-state index contributed by atoms with van der Waals surface area (Å²) in [5.74, 6) is 5.74. The van der Waals surface area contributed by atoms with E-state index >= 15 is 0 Å². The molecule has 1 amide bonds. The number of unbranched alkanes of at least 4 members (excludes halogenated alkanes) is 12. The Balaban J connectivity index is 3.44.